The highest BCUT2D eigenvalue weighted by Crippen LogP contribution is 2.53. The third kappa shape index (κ3) is 2.29. The predicted molar refractivity (Wildman–Crippen MR) is 88.3 cm³/mol. The summed E-state index contributed by atoms with van der Waals surface area (Å²) in [6.45, 7) is 0. The number of amidine groups is 1. The fourth-order valence-corrected chi connectivity index (χ4v) is 4.16. The molecule has 0 amide bonds. The Kier molecular flexibility index (Phi) is 3.63. The second kappa shape index (κ2) is 5.15. The summed E-state index contributed by atoms with van der Waals surface area (Å²) in [4.78, 5) is 0. The molecule has 2 aromatic rings. The van der Waals surface area contributed by atoms with Crippen LogP contribution in [0.5, 0.6) is 0 Å². The lowest BCUT2D eigenvalue weighted by molar-refractivity contribution is 1.23. The van der Waals surface area contributed by atoms with Crippen molar-refractivity contribution in [3.05, 3.63) is 56.5 Å². The van der Waals surface area contributed by atoms with Crippen molar-refractivity contribution in [2.75, 3.05) is 0 Å². The van der Waals surface area contributed by atoms with Crippen molar-refractivity contribution in [1.29, 1.82) is 5.41 Å². The van der Waals surface area contributed by atoms with Gasteiger partial charge in [0, 0.05) is 15.6 Å². The molecule has 1 atom stereocenters. The normalized spacial score (nSPS) is 15.8. The fourth-order valence-electron chi connectivity index (χ4n) is 2.48. The largest absolute Gasteiger partial charge is 0.379 e. The number of hydrogen-bond acceptors (Lipinski definition) is 2. The Morgan fingerprint density at radius 3 is 2.45 bits per heavy atom. The van der Waals surface area contributed by atoms with Crippen LogP contribution in [0.15, 0.2) is 30.3 Å². The second-order valence-corrected chi connectivity index (χ2v) is 6.87. The number of benzene rings is 2. The van der Waals surface area contributed by atoms with Crippen LogP contribution in [0.3, 0.4) is 0 Å². The van der Waals surface area contributed by atoms with Gasteiger partial charge in [-0.2, -0.15) is 0 Å². The Hall–Kier alpha value is -0.870. The van der Waals surface area contributed by atoms with Gasteiger partial charge in [-0.1, -0.05) is 52.6 Å². The standard InChI is InChI=1S/C14H9Cl3N2S/c15-6-1-2-8-9(3-6)13(20-14(18)19)10-4-7(16)5-11(17)12(8)10/h1-5,13H,(H3,18,19). The van der Waals surface area contributed by atoms with E-state index in [4.69, 9.17) is 45.9 Å². The number of fused-ring (bicyclic) bond motifs is 3. The van der Waals surface area contributed by atoms with Crippen LogP contribution < -0.4 is 5.73 Å². The number of thioether (sulfide) groups is 1. The zero-order chi connectivity index (χ0) is 14.4. The molecule has 6 heteroatoms. The Morgan fingerprint density at radius 2 is 1.75 bits per heavy atom. The van der Waals surface area contributed by atoms with Gasteiger partial charge in [-0.15, -0.1) is 0 Å². The minimum absolute atomic E-state index is 0.0462. The highest BCUT2D eigenvalue weighted by Gasteiger charge is 2.32. The van der Waals surface area contributed by atoms with Crippen LogP contribution in [0.25, 0.3) is 11.1 Å². The first-order valence-corrected chi connectivity index (χ1v) is 7.78. The zero-order valence-corrected chi connectivity index (χ0v) is 13.2. The summed E-state index contributed by atoms with van der Waals surface area (Å²) in [6.07, 6.45) is 0. The summed E-state index contributed by atoms with van der Waals surface area (Å²) in [7, 11) is 0. The third-order valence-corrected chi connectivity index (χ3v) is 4.93. The van der Waals surface area contributed by atoms with Crippen LogP contribution >= 0.6 is 46.6 Å². The molecule has 0 aliphatic heterocycles. The van der Waals surface area contributed by atoms with Crippen molar-refractivity contribution in [3.8, 4) is 11.1 Å². The maximum Gasteiger partial charge on any atom is 0.151 e. The van der Waals surface area contributed by atoms with E-state index in [9.17, 15) is 0 Å². The average molecular weight is 344 g/mol. The van der Waals surface area contributed by atoms with E-state index in [1.807, 2.05) is 24.3 Å². The topological polar surface area (TPSA) is 49.9 Å². The minimum Gasteiger partial charge on any atom is -0.379 e. The van der Waals surface area contributed by atoms with Crippen molar-refractivity contribution in [2.45, 2.75) is 5.25 Å². The van der Waals surface area contributed by atoms with Gasteiger partial charge in [-0.3, -0.25) is 5.41 Å². The summed E-state index contributed by atoms with van der Waals surface area (Å²) >= 11 is 19.8. The molecular weight excluding hydrogens is 335 g/mol. The Bertz CT molecular complexity index is 731. The molecule has 1 aliphatic carbocycles. The van der Waals surface area contributed by atoms with E-state index in [1.165, 1.54) is 11.8 Å². The van der Waals surface area contributed by atoms with Crippen molar-refractivity contribution < 1.29 is 0 Å². The Balaban J connectivity index is 2.28. The molecule has 0 heterocycles. The minimum atomic E-state index is -0.104. The molecule has 3 rings (SSSR count). The van der Waals surface area contributed by atoms with E-state index in [0.717, 1.165) is 22.3 Å². The van der Waals surface area contributed by atoms with Gasteiger partial charge in [0.25, 0.3) is 0 Å². The smallest absolute Gasteiger partial charge is 0.151 e. The molecule has 0 fully saturated rings. The van der Waals surface area contributed by atoms with Crippen molar-refractivity contribution in [3.63, 3.8) is 0 Å². The first kappa shape index (κ1) is 14.1. The number of nitrogens with one attached hydrogen (secondary N) is 1. The van der Waals surface area contributed by atoms with E-state index in [1.54, 1.807) is 6.07 Å². The molecule has 1 unspecified atom stereocenters. The monoisotopic (exact) mass is 342 g/mol. The van der Waals surface area contributed by atoms with Crippen LogP contribution in [0.4, 0.5) is 0 Å². The van der Waals surface area contributed by atoms with Gasteiger partial charge < -0.3 is 5.73 Å². The van der Waals surface area contributed by atoms with Crippen molar-refractivity contribution >= 4 is 51.7 Å². The van der Waals surface area contributed by atoms with Crippen molar-refractivity contribution in [2.24, 2.45) is 5.73 Å². The molecule has 0 radical (unpaired) electrons. The van der Waals surface area contributed by atoms with E-state index in [-0.39, 0.29) is 10.4 Å². The molecule has 0 spiro atoms. The molecule has 0 saturated heterocycles. The molecule has 20 heavy (non-hydrogen) atoms. The summed E-state index contributed by atoms with van der Waals surface area (Å²) in [5.74, 6) is 0. The maximum atomic E-state index is 7.54. The molecule has 2 aromatic carbocycles. The van der Waals surface area contributed by atoms with Crippen LogP contribution in [0, 0.1) is 5.41 Å². The average Bonchev–Trinajstić information content (AvgIpc) is 2.63. The zero-order valence-electron chi connectivity index (χ0n) is 10.1. The maximum absolute atomic E-state index is 7.54. The number of hydrogen-bond donors (Lipinski definition) is 2. The van der Waals surface area contributed by atoms with Gasteiger partial charge in [0.15, 0.2) is 5.17 Å². The number of nitrogens with two attached hydrogens (primary N) is 1. The van der Waals surface area contributed by atoms with E-state index in [2.05, 4.69) is 0 Å². The number of halogens is 3. The summed E-state index contributed by atoms with van der Waals surface area (Å²) in [5.41, 5.74) is 9.50. The summed E-state index contributed by atoms with van der Waals surface area (Å²) in [6, 6.07) is 9.26. The van der Waals surface area contributed by atoms with Gasteiger partial charge >= 0.3 is 0 Å². The van der Waals surface area contributed by atoms with Crippen LogP contribution in [-0.4, -0.2) is 5.17 Å². The summed E-state index contributed by atoms with van der Waals surface area (Å²) in [5, 5.41) is 9.30. The van der Waals surface area contributed by atoms with Gasteiger partial charge in [0.05, 0.1) is 10.3 Å². The lowest BCUT2D eigenvalue weighted by Gasteiger charge is -2.12. The van der Waals surface area contributed by atoms with Gasteiger partial charge in [-0.05, 0) is 41.0 Å². The molecule has 0 aromatic heterocycles. The lowest BCUT2D eigenvalue weighted by Crippen LogP contribution is -2.07. The van der Waals surface area contributed by atoms with Crippen molar-refractivity contribution in [1.82, 2.24) is 0 Å². The molecular formula is C14H9Cl3N2S. The van der Waals surface area contributed by atoms with E-state index < -0.39 is 0 Å². The first-order valence-electron chi connectivity index (χ1n) is 5.77. The molecule has 2 nitrogen and oxygen atoms in total. The predicted octanol–water partition coefficient (Wildman–Crippen LogP) is 5.34. The Morgan fingerprint density at radius 1 is 1.05 bits per heavy atom. The first-order chi connectivity index (χ1) is 9.47. The second-order valence-electron chi connectivity index (χ2n) is 4.45. The SMILES string of the molecule is N=C(N)SC1c2cc(Cl)ccc2-c2c(Cl)cc(Cl)cc21. The number of rotatable bonds is 1. The van der Waals surface area contributed by atoms with Gasteiger partial charge in [0.1, 0.15) is 0 Å². The Labute approximate surface area is 135 Å². The van der Waals surface area contributed by atoms with Crippen LogP contribution in [0.1, 0.15) is 16.4 Å². The molecule has 102 valence electrons. The van der Waals surface area contributed by atoms with Crippen LogP contribution in [-0.2, 0) is 0 Å². The van der Waals surface area contributed by atoms with Gasteiger partial charge in [-0.25, -0.2) is 0 Å². The lowest BCUT2D eigenvalue weighted by atomic mass is 10.1. The third-order valence-electron chi connectivity index (χ3n) is 3.18. The fraction of sp³-hybridized carbons (Fsp3) is 0.0714. The van der Waals surface area contributed by atoms with Gasteiger partial charge in [0.2, 0.25) is 0 Å². The summed E-state index contributed by atoms with van der Waals surface area (Å²) < 4.78 is 0. The van der Waals surface area contributed by atoms with Crippen LogP contribution in [0.2, 0.25) is 15.1 Å². The molecule has 0 bridgehead atoms. The van der Waals surface area contributed by atoms with E-state index in [0.29, 0.717) is 15.1 Å². The molecule has 3 N–H and O–H groups in total. The highest BCUT2D eigenvalue weighted by atomic mass is 35.5. The van der Waals surface area contributed by atoms with E-state index >= 15 is 0 Å². The quantitative estimate of drug-likeness (QED) is 0.542. The highest BCUT2D eigenvalue weighted by molar-refractivity contribution is 8.14. The molecule has 1 aliphatic rings. The molecule has 0 saturated carbocycles.